The van der Waals surface area contributed by atoms with Gasteiger partial charge in [0.2, 0.25) is 0 Å². The summed E-state index contributed by atoms with van der Waals surface area (Å²) in [4.78, 5) is 28.5. The van der Waals surface area contributed by atoms with E-state index in [0.29, 0.717) is 24.2 Å². The summed E-state index contributed by atoms with van der Waals surface area (Å²) in [6.07, 6.45) is 3.69. The highest BCUT2D eigenvalue weighted by atomic mass is 32.2. The molecule has 2 aromatic heterocycles. The molecule has 0 saturated carbocycles. The third-order valence-electron chi connectivity index (χ3n) is 4.19. The number of hydrogen-bond donors (Lipinski definition) is 1. The molecule has 1 fully saturated rings. The van der Waals surface area contributed by atoms with Crippen molar-refractivity contribution in [3.05, 3.63) is 29.7 Å². The van der Waals surface area contributed by atoms with Gasteiger partial charge in [0.05, 0.1) is 24.1 Å². The molecule has 1 N–H and O–H groups in total. The second-order valence-electron chi connectivity index (χ2n) is 5.82. The Morgan fingerprint density at radius 1 is 1.42 bits per heavy atom. The number of hydrogen-bond acceptors (Lipinski definition) is 7. The van der Waals surface area contributed by atoms with Gasteiger partial charge < -0.3 is 4.74 Å². The number of aromatic nitrogens is 3. The first-order chi connectivity index (χ1) is 12.3. The summed E-state index contributed by atoms with van der Waals surface area (Å²) < 4.78 is 34.6. The minimum atomic E-state index is -4.20. The van der Waals surface area contributed by atoms with Gasteiger partial charge in [-0.05, 0) is 26.7 Å². The van der Waals surface area contributed by atoms with E-state index in [0.717, 1.165) is 4.31 Å². The molecule has 0 aromatic carbocycles. The summed E-state index contributed by atoms with van der Waals surface area (Å²) in [6.45, 7) is 3.58. The molecule has 1 unspecified atom stereocenters. The standard InChI is InChI=1S/C15H19N5O5S/c1-3-25-15(22)12-5-4-8-19(12)26(23,24)18-14(21)11-9-16-13-6-7-17-20(13)10(11)2/h6-7,9,12H,3-5,8H2,1-2H3,(H,18,21). The molecule has 1 aliphatic rings. The Bertz CT molecular complexity index is 954. The maximum Gasteiger partial charge on any atom is 0.324 e. The molecule has 26 heavy (non-hydrogen) atoms. The highest BCUT2D eigenvalue weighted by Crippen LogP contribution is 2.22. The zero-order chi connectivity index (χ0) is 18.9. The number of esters is 1. The van der Waals surface area contributed by atoms with Crippen LogP contribution < -0.4 is 4.72 Å². The molecular formula is C15H19N5O5S. The molecule has 0 aliphatic carbocycles. The molecule has 1 saturated heterocycles. The minimum absolute atomic E-state index is 0.0802. The fourth-order valence-corrected chi connectivity index (χ4v) is 4.30. The van der Waals surface area contributed by atoms with Crippen LogP contribution in [0.3, 0.4) is 0 Å². The van der Waals surface area contributed by atoms with Crippen molar-refractivity contribution < 1.29 is 22.7 Å². The van der Waals surface area contributed by atoms with Crippen molar-refractivity contribution >= 4 is 27.7 Å². The Balaban J connectivity index is 1.83. The summed E-state index contributed by atoms with van der Waals surface area (Å²) >= 11 is 0. The number of nitrogens with zero attached hydrogens (tertiary/aromatic N) is 4. The van der Waals surface area contributed by atoms with E-state index in [4.69, 9.17) is 4.74 Å². The van der Waals surface area contributed by atoms with Crippen LogP contribution in [0, 0.1) is 6.92 Å². The summed E-state index contributed by atoms with van der Waals surface area (Å²) in [5, 5.41) is 4.04. The molecule has 1 aliphatic heterocycles. The lowest BCUT2D eigenvalue weighted by atomic mass is 10.2. The van der Waals surface area contributed by atoms with E-state index >= 15 is 0 Å². The first-order valence-corrected chi connectivity index (χ1v) is 9.59. The van der Waals surface area contributed by atoms with Crippen molar-refractivity contribution in [1.29, 1.82) is 0 Å². The van der Waals surface area contributed by atoms with E-state index in [1.54, 1.807) is 19.9 Å². The molecule has 11 heteroatoms. The fourth-order valence-electron chi connectivity index (χ4n) is 2.95. The van der Waals surface area contributed by atoms with Crippen LogP contribution >= 0.6 is 0 Å². The SMILES string of the molecule is CCOC(=O)C1CCCN1S(=O)(=O)NC(=O)c1cnc2ccnn2c1C. The molecule has 140 valence electrons. The van der Waals surface area contributed by atoms with E-state index in [2.05, 4.69) is 10.1 Å². The second kappa shape index (κ2) is 7.00. The molecule has 1 amide bonds. The largest absolute Gasteiger partial charge is 0.465 e. The zero-order valence-corrected chi connectivity index (χ0v) is 15.2. The Labute approximate surface area is 150 Å². The highest BCUT2D eigenvalue weighted by Gasteiger charge is 2.40. The summed E-state index contributed by atoms with van der Waals surface area (Å²) in [7, 11) is -4.20. The first kappa shape index (κ1) is 18.3. The lowest BCUT2D eigenvalue weighted by Gasteiger charge is -2.22. The Kier molecular flexibility index (Phi) is 4.92. The van der Waals surface area contributed by atoms with Gasteiger partial charge in [0.15, 0.2) is 5.65 Å². The Morgan fingerprint density at radius 2 is 2.19 bits per heavy atom. The summed E-state index contributed by atoms with van der Waals surface area (Å²) in [5.41, 5.74) is 1.08. The molecule has 0 radical (unpaired) electrons. The van der Waals surface area contributed by atoms with E-state index in [9.17, 15) is 18.0 Å². The smallest absolute Gasteiger partial charge is 0.324 e. The molecule has 0 spiro atoms. The summed E-state index contributed by atoms with van der Waals surface area (Å²) in [6, 6.07) is 0.743. The van der Waals surface area contributed by atoms with E-state index in [1.807, 2.05) is 4.72 Å². The average molecular weight is 381 g/mol. The molecule has 3 heterocycles. The van der Waals surface area contributed by atoms with Gasteiger partial charge in [-0.2, -0.15) is 17.8 Å². The van der Waals surface area contributed by atoms with Gasteiger partial charge in [-0.1, -0.05) is 0 Å². The topological polar surface area (TPSA) is 123 Å². The van der Waals surface area contributed by atoms with Gasteiger partial charge in [0.25, 0.3) is 5.91 Å². The number of carbonyl (C=O) groups excluding carboxylic acids is 2. The van der Waals surface area contributed by atoms with E-state index in [-0.39, 0.29) is 18.7 Å². The maximum atomic E-state index is 12.6. The number of amides is 1. The van der Waals surface area contributed by atoms with Gasteiger partial charge in [-0.25, -0.2) is 14.2 Å². The molecule has 1 atom stereocenters. The molecule has 2 aromatic rings. The molecule has 3 rings (SSSR count). The lowest BCUT2D eigenvalue weighted by molar-refractivity contribution is -0.146. The van der Waals surface area contributed by atoms with Gasteiger partial charge in [0, 0.05) is 18.8 Å². The highest BCUT2D eigenvalue weighted by molar-refractivity contribution is 7.87. The third kappa shape index (κ3) is 3.27. The minimum Gasteiger partial charge on any atom is -0.465 e. The van der Waals surface area contributed by atoms with Crippen molar-refractivity contribution in [3.8, 4) is 0 Å². The Morgan fingerprint density at radius 3 is 2.92 bits per heavy atom. The van der Waals surface area contributed by atoms with Crippen LogP contribution in [0.5, 0.6) is 0 Å². The molecule has 10 nitrogen and oxygen atoms in total. The predicted octanol–water partition coefficient (Wildman–Crippen LogP) is 0.0398. The van der Waals surface area contributed by atoms with E-state index in [1.165, 1.54) is 16.9 Å². The fraction of sp³-hybridized carbons (Fsp3) is 0.467. The Hall–Kier alpha value is -2.53. The van der Waals surface area contributed by atoms with Crippen LogP contribution in [0.2, 0.25) is 0 Å². The normalized spacial score (nSPS) is 18.2. The lowest BCUT2D eigenvalue weighted by Crippen LogP contribution is -2.48. The summed E-state index contributed by atoms with van der Waals surface area (Å²) in [5.74, 6) is -1.44. The molecular weight excluding hydrogens is 362 g/mol. The number of carbonyl (C=O) groups is 2. The van der Waals surface area contributed by atoms with Crippen LogP contribution in [0.15, 0.2) is 18.5 Å². The van der Waals surface area contributed by atoms with Crippen molar-refractivity contribution in [1.82, 2.24) is 23.6 Å². The van der Waals surface area contributed by atoms with Crippen molar-refractivity contribution in [2.75, 3.05) is 13.2 Å². The number of nitrogens with one attached hydrogen (secondary N) is 1. The van der Waals surface area contributed by atoms with Gasteiger partial charge in [-0.3, -0.25) is 9.59 Å². The number of aryl methyl sites for hydroxylation is 1. The van der Waals surface area contributed by atoms with Crippen molar-refractivity contribution in [3.63, 3.8) is 0 Å². The van der Waals surface area contributed by atoms with Crippen LogP contribution in [0.25, 0.3) is 5.65 Å². The van der Waals surface area contributed by atoms with Crippen LogP contribution in [-0.4, -0.2) is 58.4 Å². The maximum absolute atomic E-state index is 12.6. The van der Waals surface area contributed by atoms with Gasteiger partial charge in [-0.15, -0.1) is 0 Å². The quantitative estimate of drug-likeness (QED) is 0.725. The number of rotatable bonds is 5. The zero-order valence-electron chi connectivity index (χ0n) is 14.4. The van der Waals surface area contributed by atoms with Crippen molar-refractivity contribution in [2.45, 2.75) is 32.7 Å². The average Bonchev–Trinajstić information content (AvgIpc) is 3.24. The predicted molar refractivity (Wildman–Crippen MR) is 90.5 cm³/mol. The molecule has 0 bridgehead atoms. The van der Waals surface area contributed by atoms with Gasteiger partial charge in [0.1, 0.15) is 6.04 Å². The van der Waals surface area contributed by atoms with Gasteiger partial charge >= 0.3 is 16.2 Å². The van der Waals surface area contributed by atoms with E-state index < -0.39 is 28.1 Å². The second-order valence-corrected chi connectivity index (χ2v) is 7.44. The van der Waals surface area contributed by atoms with Crippen LogP contribution in [-0.2, 0) is 19.7 Å². The van der Waals surface area contributed by atoms with Crippen LogP contribution in [0.4, 0.5) is 0 Å². The third-order valence-corrected chi connectivity index (χ3v) is 5.69. The van der Waals surface area contributed by atoms with Crippen LogP contribution in [0.1, 0.15) is 35.8 Å². The first-order valence-electron chi connectivity index (χ1n) is 8.15. The van der Waals surface area contributed by atoms with Crippen molar-refractivity contribution in [2.24, 2.45) is 0 Å². The monoisotopic (exact) mass is 381 g/mol. The number of fused-ring (bicyclic) bond motifs is 1. The number of ether oxygens (including phenoxy) is 1.